The zero-order valence-electron chi connectivity index (χ0n) is 12.6. The lowest BCUT2D eigenvalue weighted by molar-refractivity contribution is -0.120. The van der Waals surface area contributed by atoms with E-state index in [-0.39, 0.29) is 30.2 Å². The van der Waals surface area contributed by atoms with E-state index in [0.717, 1.165) is 18.6 Å². The number of carbonyl (C=O) groups excluding carboxylic acids is 1. The molecule has 0 radical (unpaired) electrons. The number of nitrogens with one attached hydrogen (secondary N) is 1. The molecular formula is C16H14F3N3O2. The summed E-state index contributed by atoms with van der Waals surface area (Å²) in [5.74, 6) is -2.62. The summed E-state index contributed by atoms with van der Waals surface area (Å²) < 4.78 is 44.9. The summed E-state index contributed by atoms with van der Waals surface area (Å²) in [5, 5.41) is 6.02. The molecule has 0 unspecified atom stereocenters. The lowest BCUT2D eigenvalue weighted by Gasteiger charge is -2.15. The van der Waals surface area contributed by atoms with Gasteiger partial charge in [-0.15, -0.1) is 0 Å². The highest BCUT2D eigenvalue weighted by atomic mass is 19.1. The number of benzene rings is 1. The first-order valence-electron chi connectivity index (χ1n) is 7.44. The van der Waals surface area contributed by atoms with Crippen molar-refractivity contribution in [2.45, 2.75) is 32.2 Å². The summed E-state index contributed by atoms with van der Waals surface area (Å²) in [4.78, 5) is 15.7. The number of amides is 1. The number of hydrogen-bond donors (Lipinski definition) is 1. The fraction of sp³-hybridized carbons (Fsp3) is 0.312. The molecule has 0 bridgehead atoms. The highest BCUT2D eigenvalue weighted by molar-refractivity contribution is 5.77. The van der Waals surface area contributed by atoms with E-state index in [2.05, 4.69) is 15.5 Å². The first-order chi connectivity index (χ1) is 11.5. The zero-order valence-corrected chi connectivity index (χ0v) is 12.6. The minimum Gasteiger partial charge on any atom is -0.352 e. The summed E-state index contributed by atoms with van der Waals surface area (Å²) in [6, 6.07) is 3.09. The minimum absolute atomic E-state index is 0.0390. The Morgan fingerprint density at radius 2 is 2.08 bits per heavy atom. The minimum atomic E-state index is -0.744. The summed E-state index contributed by atoms with van der Waals surface area (Å²) in [6.45, 7) is -0.103. The van der Waals surface area contributed by atoms with E-state index < -0.39 is 23.4 Å². The second kappa shape index (κ2) is 6.86. The maximum Gasteiger partial charge on any atom is 0.286 e. The molecule has 0 saturated heterocycles. The molecule has 126 valence electrons. The average Bonchev–Trinajstić information content (AvgIpc) is 2.93. The van der Waals surface area contributed by atoms with Crippen LogP contribution in [0.25, 0.3) is 5.83 Å². The Bertz CT molecular complexity index is 796. The van der Waals surface area contributed by atoms with E-state index in [1.807, 2.05) is 0 Å². The van der Waals surface area contributed by atoms with Crippen LogP contribution in [0, 0.1) is 11.6 Å². The van der Waals surface area contributed by atoms with Crippen molar-refractivity contribution in [3.05, 3.63) is 52.7 Å². The Morgan fingerprint density at radius 1 is 1.29 bits per heavy atom. The van der Waals surface area contributed by atoms with Gasteiger partial charge in [-0.2, -0.15) is 4.98 Å². The SMILES string of the molecule is O=C(Cc1noc(C(F)=C2CCC2)n1)NCc1ccc(F)cc1F. The number of hydrogen-bond acceptors (Lipinski definition) is 4. The molecule has 24 heavy (non-hydrogen) atoms. The van der Waals surface area contributed by atoms with E-state index in [1.54, 1.807) is 0 Å². The summed E-state index contributed by atoms with van der Waals surface area (Å²) >= 11 is 0. The number of nitrogens with zero attached hydrogens (tertiary/aromatic N) is 2. The number of allylic oxidation sites excluding steroid dienone is 1. The standard InChI is InChI=1S/C16H14F3N3O2/c17-11-5-4-10(12(18)6-11)8-20-14(23)7-13-21-16(24-22-13)15(19)9-2-1-3-9/h4-6H,1-3,7-8H2,(H,20,23). The summed E-state index contributed by atoms with van der Waals surface area (Å²) in [6.07, 6.45) is 2.06. The number of carbonyl (C=O) groups is 1. The first-order valence-corrected chi connectivity index (χ1v) is 7.44. The van der Waals surface area contributed by atoms with Gasteiger partial charge in [-0.1, -0.05) is 11.2 Å². The molecule has 1 amide bonds. The number of halogens is 3. The molecule has 1 saturated carbocycles. The molecule has 1 aliphatic carbocycles. The topological polar surface area (TPSA) is 68.0 Å². The predicted octanol–water partition coefficient (Wildman–Crippen LogP) is 3.07. The number of aromatic nitrogens is 2. The Balaban J connectivity index is 1.56. The normalized spacial score (nSPS) is 13.5. The second-order valence-corrected chi connectivity index (χ2v) is 5.48. The van der Waals surface area contributed by atoms with Crippen molar-refractivity contribution < 1.29 is 22.5 Å². The van der Waals surface area contributed by atoms with Crippen LogP contribution in [0.15, 0.2) is 28.3 Å². The van der Waals surface area contributed by atoms with Crippen molar-refractivity contribution in [1.29, 1.82) is 0 Å². The lowest BCUT2D eigenvalue weighted by atomic mass is 9.91. The van der Waals surface area contributed by atoms with Gasteiger partial charge >= 0.3 is 0 Å². The molecule has 1 aromatic carbocycles. The van der Waals surface area contributed by atoms with Gasteiger partial charge in [0.2, 0.25) is 5.91 Å². The molecule has 0 atom stereocenters. The molecule has 1 aliphatic rings. The first kappa shape index (κ1) is 16.2. The highest BCUT2D eigenvalue weighted by Crippen LogP contribution is 2.33. The van der Waals surface area contributed by atoms with E-state index in [4.69, 9.17) is 4.52 Å². The monoisotopic (exact) mass is 337 g/mol. The van der Waals surface area contributed by atoms with Gasteiger partial charge in [0, 0.05) is 18.2 Å². The molecule has 1 aromatic heterocycles. The van der Waals surface area contributed by atoms with Gasteiger partial charge in [-0.05, 0) is 30.9 Å². The second-order valence-electron chi connectivity index (χ2n) is 5.48. The van der Waals surface area contributed by atoms with Gasteiger partial charge in [0.1, 0.15) is 11.6 Å². The van der Waals surface area contributed by atoms with Crippen LogP contribution in [-0.2, 0) is 17.8 Å². The van der Waals surface area contributed by atoms with E-state index in [1.165, 1.54) is 6.07 Å². The fourth-order valence-electron chi connectivity index (χ4n) is 2.20. The van der Waals surface area contributed by atoms with Gasteiger partial charge in [-0.3, -0.25) is 4.79 Å². The smallest absolute Gasteiger partial charge is 0.286 e. The third kappa shape index (κ3) is 3.64. The molecule has 0 spiro atoms. The third-order valence-electron chi connectivity index (χ3n) is 3.73. The fourth-order valence-corrected chi connectivity index (χ4v) is 2.20. The van der Waals surface area contributed by atoms with Gasteiger partial charge in [0.05, 0.1) is 6.42 Å². The van der Waals surface area contributed by atoms with E-state index in [0.29, 0.717) is 18.4 Å². The molecule has 2 aromatic rings. The van der Waals surface area contributed by atoms with Crippen LogP contribution in [-0.4, -0.2) is 16.0 Å². The lowest BCUT2D eigenvalue weighted by Crippen LogP contribution is -2.25. The van der Waals surface area contributed by atoms with Crippen molar-refractivity contribution >= 4 is 11.7 Å². The van der Waals surface area contributed by atoms with Crippen LogP contribution in [0.3, 0.4) is 0 Å². The van der Waals surface area contributed by atoms with Crippen LogP contribution in [0.4, 0.5) is 13.2 Å². The Labute approximate surface area is 135 Å². The molecule has 1 fully saturated rings. The molecule has 5 nitrogen and oxygen atoms in total. The third-order valence-corrected chi connectivity index (χ3v) is 3.73. The van der Waals surface area contributed by atoms with Gasteiger partial charge in [0.25, 0.3) is 5.89 Å². The van der Waals surface area contributed by atoms with E-state index >= 15 is 0 Å². The molecule has 0 aliphatic heterocycles. The maximum atomic E-state index is 13.9. The van der Waals surface area contributed by atoms with Crippen LogP contribution in [0.5, 0.6) is 0 Å². The van der Waals surface area contributed by atoms with Crippen molar-refractivity contribution in [3.8, 4) is 0 Å². The predicted molar refractivity (Wildman–Crippen MR) is 78.1 cm³/mol. The Morgan fingerprint density at radius 3 is 2.75 bits per heavy atom. The van der Waals surface area contributed by atoms with Crippen molar-refractivity contribution in [2.75, 3.05) is 0 Å². The van der Waals surface area contributed by atoms with Crippen LogP contribution in [0.2, 0.25) is 0 Å². The van der Waals surface area contributed by atoms with Crippen LogP contribution >= 0.6 is 0 Å². The number of rotatable bonds is 5. The van der Waals surface area contributed by atoms with Crippen molar-refractivity contribution in [1.82, 2.24) is 15.5 Å². The zero-order chi connectivity index (χ0) is 17.1. The molecule has 8 heteroatoms. The average molecular weight is 337 g/mol. The van der Waals surface area contributed by atoms with Crippen LogP contribution in [0.1, 0.15) is 36.5 Å². The highest BCUT2D eigenvalue weighted by Gasteiger charge is 2.21. The molecular weight excluding hydrogens is 323 g/mol. The summed E-state index contributed by atoms with van der Waals surface area (Å²) in [5.41, 5.74) is 0.792. The Hall–Kier alpha value is -2.64. The molecule has 1 heterocycles. The van der Waals surface area contributed by atoms with E-state index in [9.17, 15) is 18.0 Å². The maximum absolute atomic E-state index is 13.9. The van der Waals surface area contributed by atoms with Gasteiger partial charge in [-0.25, -0.2) is 13.2 Å². The summed E-state index contributed by atoms with van der Waals surface area (Å²) in [7, 11) is 0. The molecule has 3 rings (SSSR count). The largest absolute Gasteiger partial charge is 0.352 e. The van der Waals surface area contributed by atoms with Gasteiger partial charge < -0.3 is 9.84 Å². The van der Waals surface area contributed by atoms with Crippen LogP contribution < -0.4 is 5.32 Å². The Kier molecular flexibility index (Phi) is 4.64. The van der Waals surface area contributed by atoms with Crippen molar-refractivity contribution in [3.63, 3.8) is 0 Å². The quantitative estimate of drug-likeness (QED) is 0.910. The van der Waals surface area contributed by atoms with Crippen molar-refractivity contribution in [2.24, 2.45) is 0 Å². The molecule has 1 N–H and O–H groups in total. The van der Waals surface area contributed by atoms with Gasteiger partial charge in [0.15, 0.2) is 11.7 Å².